The minimum atomic E-state index is 0.126. The van der Waals surface area contributed by atoms with E-state index in [9.17, 15) is 0 Å². The van der Waals surface area contributed by atoms with Gasteiger partial charge in [-0.15, -0.1) is 0 Å². The normalized spacial score (nSPS) is 16.0. The molecule has 2 aromatic rings. The zero-order valence-electron chi connectivity index (χ0n) is 12.6. The van der Waals surface area contributed by atoms with Crippen LogP contribution in [0.1, 0.15) is 23.7 Å². The number of aromatic nitrogens is 2. The second-order valence-corrected chi connectivity index (χ2v) is 5.42. The van der Waals surface area contributed by atoms with Gasteiger partial charge in [-0.05, 0) is 25.5 Å². The monoisotopic (exact) mass is 286 g/mol. The molecule has 2 heterocycles. The molecule has 0 aliphatic carbocycles. The summed E-state index contributed by atoms with van der Waals surface area (Å²) >= 11 is 0. The zero-order valence-corrected chi connectivity index (χ0v) is 12.6. The van der Waals surface area contributed by atoms with E-state index < -0.39 is 0 Å². The van der Waals surface area contributed by atoms with E-state index in [4.69, 9.17) is 10.5 Å². The molecule has 3 rings (SSSR count). The van der Waals surface area contributed by atoms with E-state index in [1.165, 1.54) is 5.56 Å². The highest BCUT2D eigenvalue weighted by molar-refractivity contribution is 5.60. The quantitative estimate of drug-likeness (QED) is 0.938. The lowest BCUT2D eigenvalue weighted by molar-refractivity contribution is 0.322. The third-order valence-electron chi connectivity index (χ3n) is 4.21. The minimum Gasteiger partial charge on any atom is -0.491 e. The Kier molecular flexibility index (Phi) is 3.84. The Bertz CT molecular complexity index is 622. The molecule has 0 radical (unpaired) electrons. The summed E-state index contributed by atoms with van der Waals surface area (Å²) < 4.78 is 7.74. The number of rotatable bonds is 3. The van der Waals surface area contributed by atoms with Crippen LogP contribution < -0.4 is 15.4 Å². The molecule has 1 aliphatic rings. The van der Waals surface area contributed by atoms with Crippen molar-refractivity contribution in [2.75, 3.05) is 24.6 Å². The molecular formula is C16H22N4O. The van der Waals surface area contributed by atoms with Crippen molar-refractivity contribution in [1.82, 2.24) is 9.78 Å². The molecule has 1 atom stereocenters. The van der Waals surface area contributed by atoms with E-state index in [1.54, 1.807) is 0 Å². The van der Waals surface area contributed by atoms with E-state index in [0.29, 0.717) is 6.54 Å². The van der Waals surface area contributed by atoms with Crippen molar-refractivity contribution < 1.29 is 4.74 Å². The molecule has 21 heavy (non-hydrogen) atoms. The highest BCUT2D eigenvalue weighted by Gasteiger charge is 2.26. The zero-order chi connectivity index (χ0) is 14.8. The number of hydrogen-bond acceptors (Lipinski definition) is 4. The number of nitrogens with two attached hydrogens (primary N) is 1. The summed E-state index contributed by atoms with van der Waals surface area (Å²) in [7, 11) is 1.96. The fourth-order valence-corrected chi connectivity index (χ4v) is 2.94. The van der Waals surface area contributed by atoms with Crippen LogP contribution in [0, 0.1) is 6.92 Å². The first-order chi connectivity index (χ1) is 10.2. The van der Waals surface area contributed by atoms with E-state index in [0.717, 1.165) is 36.7 Å². The van der Waals surface area contributed by atoms with Crippen molar-refractivity contribution in [3.05, 3.63) is 41.7 Å². The Labute approximate surface area is 125 Å². The maximum Gasteiger partial charge on any atom is 0.142 e. The maximum atomic E-state index is 6.10. The lowest BCUT2D eigenvalue weighted by Crippen LogP contribution is -2.34. The summed E-state index contributed by atoms with van der Waals surface area (Å²) in [6.45, 7) is 4.33. The van der Waals surface area contributed by atoms with Gasteiger partial charge in [0.05, 0.1) is 24.5 Å². The SMILES string of the molecule is Cc1c(C(CN)N2CCCOc3ccccc32)cnn1C. The van der Waals surface area contributed by atoms with Gasteiger partial charge in [0, 0.05) is 31.4 Å². The predicted molar refractivity (Wildman–Crippen MR) is 83.6 cm³/mol. The topological polar surface area (TPSA) is 56.3 Å². The molecule has 5 nitrogen and oxygen atoms in total. The molecule has 0 fully saturated rings. The summed E-state index contributed by atoms with van der Waals surface area (Å²) in [6.07, 6.45) is 2.92. The summed E-state index contributed by atoms with van der Waals surface area (Å²) in [5, 5.41) is 4.36. The second kappa shape index (κ2) is 5.77. The third kappa shape index (κ3) is 2.49. The highest BCUT2D eigenvalue weighted by Crippen LogP contribution is 2.36. The Balaban J connectivity index is 2.02. The van der Waals surface area contributed by atoms with E-state index in [2.05, 4.69) is 23.0 Å². The number of aryl methyl sites for hydroxylation is 1. The number of fused-ring (bicyclic) bond motifs is 1. The van der Waals surface area contributed by atoms with Crippen LogP contribution in [0.2, 0.25) is 0 Å². The Hall–Kier alpha value is -2.01. The maximum absolute atomic E-state index is 6.10. The highest BCUT2D eigenvalue weighted by atomic mass is 16.5. The van der Waals surface area contributed by atoms with Crippen molar-refractivity contribution >= 4 is 5.69 Å². The van der Waals surface area contributed by atoms with Crippen LogP contribution >= 0.6 is 0 Å². The van der Waals surface area contributed by atoms with Gasteiger partial charge in [-0.1, -0.05) is 12.1 Å². The van der Waals surface area contributed by atoms with Crippen LogP contribution in [-0.4, -0.2) is 29.5 Å². The van der Waals surface area contributed by atoms with Crippen LogP contribution in [0.15, 0.2) is 30.5 Å². The van der Waals surface area contributed by atoms with Crippen molar-refractivity contribution in [3.8, 4) is 5.75 Å². The Morgan fingerprint density at radius 1 is 1.38 bits per heavy atom. The summed E-state index contributed by atoms with van der Waals surface area (Å²) in [5.41, 5.74) is 9.57. The van der Waals surface area contributed by atoms with Crippen LogP contribution in [0.5, 0.6) is 5.75 Å². The molecule has 1 unspecified atom stereocenters. The lowest BCUT2D eigenvalue weighted by Gasteiger charge is -2.32. The molecular weight excluding hydrogens is 264 g/mol. The van der Waals surface area contributed by atoms with Crippen LogP contribution in [0.3, 0.4) is 0 Å². The number of para-hydroxylation sites is 2. The van der Waals surface area contributed by atoms with Gasteiger partial charge in [0.2, 0.25) is 0 Å². The number of hydrogen-bond donors (Lipinski definition) is 1. The van der Waals surface area contributed by atoms with Gasteiger partial charge in [0.25, 0.3) is 0 Å². The average molecular weight is 286 g/mol. The lowest BCUT2D eigenvalue weighted by atomic mass is 10.0. The summed E-state index contributed by atoms with van der Waals surface area (Å²) in [4.78, 5) is 2.35. The Morgan fingerprint density at radius 3 is 2.90 bits per heavy atom. The average Bonchev–Trinajstić information content (AvgIpc) is 2.73. The smallest absolute Gasteiger partial charge is 0.142 e. The number of nitrogens with zero attached hydrogens (tertiary/aromatic N) is 3. The molecule has 112 valence electrons. The van der Waals surface area contributed by atoms with Gasteiger partial charge in [-0.25, -0.2) is 0 Å². The number of ether oxygens (including phenoxy) is 1. The molecule has 2 N–H and O–H groups in total. The van der Waals surface area contributed by atoms with Gasteiger partial charge < -0.3 is 15.4 Å². The minimum absolute atomic E-state index is 0.126. The second-order valence-electron chi connectivity index (χ2n) is 5.42. The molecule has 0 amide bonds. The number of benzene rings is 1. The van der Waals surface area contributed by atoms with Gasteiger partial charge in [0.1, 0.15) is 5.75 Å². The molecule has 0 saturated heterocycles. The first kappa shape index (κ1) is 13.9. The molecule has 1 aromatic heterocycles. The fraction of sp³-hybridized carbons (Fsp3) is 0.438. The van der Waals surface area contributed by atoms with Gasteiger partial charge in [-0.2, -0.15) is 5.10 Å². The molecule has 0 spiro atoms. The standard InChI is InChI=1S/C16H22N4O/c1-12-13(11-18-19(12)2)15(10-17)20-8-5-9-21-16-7-4-3-6-14(16)20/h3-4,6-7,11,15H,5,8-10,17H2,1-2H3. The number of anilines is 1. The molecule has 1 aliphatic heterocycles. The third-order valence-corrected chi connectivity index (χ3v) is 4.21. The molecule has 0 saturated carbocycles. The van der Waals surface area contributed by atoms with Crippen molar-refractivity contribution in [2.24, 2.45) is 12.8 Å². The summed E-state index contributed by atoms with van der Waals surface area (Å²) in [6, 6.07) is 8.31. The van der Waals surface area contributed by atoms with E-state index in [-0.39, 0.29) is 6.04 Å². The van der Waals surface area contributed by atoms with Gasteiger partial charge in [0.15, 0.2) is 0 Å². The van der Waals surface area contributed by atoms with Crippen molar-refractivity contribution in [3.63, 3.8) is 0 Å². The fourth-order valence-electron chi connectivity index (χ4n) is 2.94. The van der Waals surface area contributed by atoms with Crippen LogP contribution in [0.4, 0.5) is 5.69 Å². The van der Waals surface area contributed by atoms with Crippen molar-refractivity contribution in [1.29, 1.82) is 0 Å². The van der Waals surface area contributed by atoms with E-state index >= 15 is 0 Å². The van der Waals surface area contributed by atoms with Crippen LogP contribution in [-0.2, 0) is 7.05 Å². The van der Waals surface area contributed by atoms with E-state index in [1.807, 2.05) is 36.1 Å². The van der Waals surface area contributed by atoms with Gasteiger partial charge in [-0.3, -0.25) is 4.68 Å². The molecule has 0 bridgehead atoms. The first-order valence-electron chi connectivity index (χ1n) is 7.39. The molecule has 5 heteroatoms. The largest absolute Gasteiger partial charge is 0.491 e. The molecule has 1 aromatic carbocycles. The predicted octanol–water partition coefficient (Wildman–Crippen LogP) is 2.02. The van der Waals surface area contributed by atoms with Crippen molar-refractivity contribution in [2.45, 2.75) is 19.4 Å². The van der Waals surface area contributed by atoms with Gasteiger partial charge >= 0.3 is 0 Å². The first-order valence-corrected chi connectivity index (χ1v) is 7.39. The van der Waals surface area contributed by atoms with Crippen LogP contribution in [0.25, 0.3) is 0 Å². The Morgan fingerprint density at radius 2 is 2.19 bits per heavy atom. The summed E-state index contributed by atoms with van der Waals surface area (Å²) in [5.74, 6) is 0.940.